The van der Waals surface area contributed by atoms with E-state index in [-0.39, 0.29) is 5.91 Å². The van der Waals surface area contributed by atoms with Crippen molar-refractivity contribution in [2.75, 3.05) is 26.6 Å². The van der Waals surface area contributed by atoms with Gasteiger partial charge in [0.1, 0.15) is 0 Å². The summed E-state index contributed by atoms with van der Waals surface area (Å²) in [5.41, 5.74) is 1.64. The van der Waals surface area contributed by atoms with E-state index in [4.69, 9.17) is 14.2 Å². The summed E-state index contributed by atoms with van der Waals surface area (Å²) < 4.78 is 16.8. The number of fused-ring (bicyclic) bond motifs is 1. The van der Waals surface area contributed by atoms with Gasteiger partial charge in [-0.2, -0.15) is 0 Å². The van der Waals surface area contributed by atoms with E-state index in [0.717, 1.165) is 9.86 Å². The average molecular weight is 417 g/mol. The van der Waals surface area contributed by atoms with Gasteiger partial charge in [-0.3, -0.25) is 9.78 Å². The quantitative estimate of drug-likeness (QED) is 0.672. The molecule has 2 aromatic carbocycles. The number of hydrogen-bond acceptors (Lipinski definition) is 5. The first kappa shape index (κ1) is 18.0. The zero-order chi connectivity index (χ0) is 18.7. The molecule has 3 rings (SSSR count). The molecule has 1 heterocycles. The molecule has 6 nitrogen and oxygen atoms in total. The second-order valence-electron chi connectivity index (χ2n) is 5.37. The summed E-state index contributed by atoms with van der Waals surface area (Å²) in [6.45, 7) is 0. The number of anilines is 1. The van der Waals surface area contributed by atoms with Crippen molar-refractivity contribution >= 4 is 38.4 Å². The number of carbonyl (C=O) groups is 1. The van der Waals surface area contributed by atoms with E-state index in [1.54, 1.807) is 24.4 Å². The summed E-state index contributed by atoms with van der Waals surface area (Å²) in [4.78, 5) is 17.2. The number of ether oxygens (including phenoxy) is 3. The van der Waals surface area contributed by atoms with Crippen molar-refractivity contribution in [3.05, 3.63) is 52.6 Å². The molecule has 0 radical (unpaired) electrons. The number of halogens is 1. The summed E-state index contributed by atoms with van der Waals surface area (Å²) in [6, 6.07) is 10.8. The third-order valence-corrected chi connectivity index (χ3v) is 4.31. The Kier molecular flexibility index (Phi) is 5.27. The minimum atomic E-state index is -0.333. The predicted octanol–water partition coefficient (Wildman–Crippen LogP) is 4.28. The molecule has 3 aromatic rings. The highest BCUT2D eigenvalue weighted by molar-refractivity contribution is 9.10. The molecular formula is C19H17BrN2O4. The van der Waals surface area contributed by atoms with Crippen molar-refractivity contribution in [1.82, 2.24) is 4.98 Å². The molecule has 0 unspecified atom stereocenters. The van der Waals surface area contributed by atoms with E-state index in [2.05, 4.69) is 26.2 Å². The predicted molar refractivity (Wildman–Crippen MR) is 103 cm³/mol. The van der Waals surface area contributed by atoms with Crippen molar-refractivity contribution in [1.29, 1.82) is 0 Å². The van der Waals surface area contributed by atoms with Crippen molar-refractivity contribution < 1.29 is 19.0 Å². The van der Waals surface area contributed by atoms with Crippen LogP contribution in [0, 0.1) is 0 Å². The monoisotopic (exact) mass is 416 g/mol. The van der Waals surface area contributed by atoms with Gasteiger partial charge in [-0.05, 0) is 40.2 Å². The number of amides is 1. The van der Waals surface area contributed by atoms with Gasteiger partial charge < -0.3 is 19.5 Å². The minimum absolute atomic E-state index is 0.306. The molecule has 0 saturated carbocycles. The highest BCUT2D eigenvalue weighted by Gasteiger charge is 2.21. The van der Waals surface area contributed by atoms with Crippen molar-refractivity contribution in [2.24, 2.45) is 0 Å². The lowest BCUT2D eigenvalue weighted by molar-refractivity contribution is 0.102. The molecule has 0 atom stereocenters. The number of pyridine rings is 1. The van der Waals surface area contributed by atoms with E-state index in [1.807, 2.05) is 18.2 Å². The van der Waals surface area contributed by atoms with Crippen LogP contribution in [0.1, 0.15) is 10.4 Å². The molecule has 7 heteroatoms. The van der Waals surface area contributed by atoms with Gasteiger partial charge in [-0.25, -0.2) is 0 Å². The summed E-state index contributed by atoms with van der Waals surface area (Å²) in [5, 5.41) is 3.80. The summed E-state index contributed by atoms with van der Waals surface area (Å²) >= 11 is 3.40. The van der Waals surface area contributed by atoms with Crippen LogP contribution in [0.15, 0.2) is 47.1 Å². The Morgan fingerprint density at radius 1 is 1.04 bits per heavy atom. The van der Waals surface area contributed by atoms with Crippen molar-refractivity contribution in [3.8, 4) is 17.2 Å². The minimum Gasteiger partial charge on any atom is -0.493 e. The SMILES string of the molecule is COc1ccc(C(=O)Nc2cccc3cc(Br)cnc23)c(OC)c1OC. The number of para-hydroxylation sites is 1. The van der Waals surface area contributed by atoms with Crippen LogP contribution in [0.25, 0.3) is 10.9 Å². The van der Waals surface area contributed by atoms with Crippen LogP contribution in [0.2, 0.25) is 0 Å². The topological polar surface area (TPSA) is 69.7 Å². The Bertz CT molecular complexity index is 975. The Morgan fingerprint density at radius 3 is 2.50 bits per heavy atom. The largest absolute Gasteiger partial charge is 0.493 e. The lowest BCUT2D eigenvalue weighted by Gasteiger charge is -2.16. The highest BCUT2D eigenvalue weighted by atomic mass is 79.9. The van der Waals surface area contributed by atoms with Crippen molar-refractivity contribution in [2.45, 2.75) is 0 Å². The van der Waals surface area contributed by atoms with E-state index in [9.17, 15) is 4.79 Å². The number of nitrogens with zero attached hydrogens (tertiary/aromatic N) is 1. The third kappa shape index (κ3) is 3.30. The second kappa shape index (κ2) is 7.61. The molecule has 1 N–H and O–H groups in total. The number of nitrogens with one attached hydrogen (secondary N) is 1. The second-order valence-corrected chi connectivity index (χ2v) is 6.28. The van der Waals surface area contributed by atoms with E-state index in [0.29, 0.717) is 34.0 Å². The number of methoxy groups -OCH3 is 3. The smallest absolute Gasteiger partial charge is 0.259 e. The van der Waals surface area contributed by atoms with Gasteiger partial charge in [-0.1, -0.05) is 12.1 Å². The molecule has 26 heavy (non-hydrogen) atoms. The van der Waals surface area contributed by atoms with Crippen LogP contribution < -0.4 is 19.5 Å². The Morgan fingerprint density at radius 2 is 1.81 bits per heavy atom. The van der Waals surface area contributed by atoms with Gasteiger partial charge in [0.2, 0.25) is 5.75 Å². The van der Waals surface area contributed by atoms with E-state index < -0.39 is 0 Å². The normalized spacial score (nSPS) is 10.5. The fourth-order valence-electron chi connectivity index (χ4n) is 2.70. The molecular weight excluding hydrogens is 400 g/mol. The van der Waals surface area contributed by atoms with Crippen LogP contribution in [-0.4, -0.2) is 32.2 Å². The molecule has 0 saturated heterocycles. The van der Waals surface area contributed by atoms with Crippen LogP contribution in [0.3, 0.4) is 0 Å². The summed E-state index contributed by atoms with van der Waals surface area (Å²) in [7, 11) is 4.50. The van der Waals surface area contributed by atoms with Gasteiger partial charge in [0.25, 0.3) is 5.91 Å². The molecule has 0 spiro atoms. The summed E-state index contributed by atoms with van der Waals surface area (Å²) in [5.74, 6) is 0.820. The zero-order valence-corrected chi connectivity index (χ0v) is 16.1. The lowest BCUT2D eigenvalue weighted by atomic mass is 10.1. The molecule has 1 aromatic heterocycles. The Balaban J connectivity index is 2.01. The fraction of sp³-hybridized carbons (Fsp3) is 0.158. The molecule has 0 bridgehead atoms. The van der Waals surface area contributed by atoms with Gasteiger partial charge in [0.05, 0.1) is 38.1 Å². The molecule has 0 fully saturated rings. The average Bonchev–Trinajstić information content (AvgIpc) is 2.66. The first-order valence-corrected chi connectivity index (χ1v) is 8.53. The van der Waals surface area contributed by atoms with E-state index >= 15 is 0 Å². The van der Waals surface area contributed by atoms with Crippen LogP contribution >= 0.6 is 15.9 Å². The van der Waals surface area contributed by atoms with Gasteiger partial charge in [0, 0.05) is 16.1 Å². The third-order valence-electron chi connectivity index (χ3n) is 3.87. The standard InChI is InChI=1S/C19H17BrN2O4/c1-24-15-8-7-13(17(25-2)18(15)26-3)19(23)22-14-6-4-5-11-9-12(20)10-21-16(11)14/h4-10H,1-3H3,(H,22,23). The highest BCUT2D eigenvalue weighted by Crippen LogP contribution is 2.40. The number of hydrogen-bond donors (Lipinski definition) is 1. The zero-order valence-electron chi connectivity index (χ0n) is 14.5. The molecule has 0 aliphatic heterocycles. The number of benzene rings is 2. The lowest BCUT2D eigenvalue weighted by Crippen LogP contribution is -2.14. The first-order chi connectivity index (χ1) is 12.6. The maximum Gasteiger partial charge on any atom is 0.259 e. The number of carbonyl (C=O) groups excluding carboxylic acids is 1. The van der Waals surface area contributed by atoms with Gasteiger partial charge in [-0.15, -0.1) is 0 Å². The van der Waals surface area contributed by atoms with Crippen LogP contribution in [0.5, 0.6) is 17.2 Å². The Labute approximate surface area is 159 Å². The van der Waals surface area contributed by atoms with E-state index in [1.165, 1.54) is 21.3 Å². The fourth-order valence-corrected chi connectivity index (χ4v) is 3.05. The van der Waals surface area contributed by atoms with Gasteiger partial charge in [0.15, 0.2) is 11.5 Å². The molecule has 0 aliphatic rings. The maximum absolute atomic E-state index is 12.8. The van der Waals surface area contributed by atoms with Gasteiger partial charge >= 0.3 is 0 Å². The van der Waals surface area contributed by atoms with Crippen LogP contribution in [-0.2, 0) is 0 Å². The van der Waals surface area contributed by atoms with Crippen molar-refractivity contribution in [3.63, 3.8) is 0 Å². The number of aromatic nitrogens is 1. The number of rotatable bonds is 5. The molecule has 134 valence electrons. The summed E-state index contributed by atoms with van der Waals surface area (Å²) in [6.07, 6.45) is 1.69. The van der Waals surface area contributed by atoms with Crippen LogP contribution in [0.4, 0.5) is 5.69 Å². The Hall–Kier alpha value is -2.80. The maximum atomic E-state index is 12.8. The molecule has 1 amide bonds. The molecule has 0 aliphatic carbocycles. The first-order valence-electron chi connectivity index (χ1n) is 7.73.